The van der Waals surface area contributed by atoms with Crippen LogP contribution in [0.5, 0.6) is 0 Å². The molecule has 0 radical (unpaired) electrons. The molecule has 1 heterocycles. The lowest BCUT2D eigenvalue weighted by atomic mass is 10.1. The van der Waals surface area contributed by atoms with Gasteiger partial charge in [-0.15, -0.1) is 0 Å². The SMILES string of the molecule is CCCS(=O)(=O)N1CCC(NC(=O)c2ccc(NCc3ccccc3Cl)c([N+](=O)[O-])c2)CC1. The maximum Gasteiger partial charge on any atom is 0.293 e. The minimum Gasteiger partial charge on any atom is -0.375 e. The van der Waals surface area contributed by atoms with Crippen molar-refractivity contribution in [1.82, 2.24) is 9.62 Å². The molecule has 9 nitrogen and oxygen atoms in total. The number of hydrogen-bond donors (Lipinski definition) is 2. The van der Waals surface area contributed by atoms with E-state index < -0.39 is 20.9 Å². The molecule has 0 unspecified atom stereocenters. The number of sulfonamides is 1. The number of hydrogen-bond acceptors (Lipinski definition) is 6. The van der Waals surface area contributed by atoms with Gasteiger partial charge in [0.1, 0.15) is 5.69 Å². The van der Waals surface area contributed by atoms with Crippen LogP contribution < -0.4 is 10.6 Å². The summed E-state index contributed by atoms with van der Waals surface area (Å²) < 4.78 is 25.8. The molecule has 1 saturated heterocycles. The second kappa shape index (κ2) is 11.0. The van der Waals surface area contributed by atoms with Crippen LogP contribution in [0.2, 0.25) is 5.02 Å². The molecule has 11 heteroatoms. The molecule has 0 spiro atoms. The number of amides is 1. The third-order valence-electron chi connectivity index (χ3n) is 5.53. The number of halogens is 1. The van der Waals surface area contributed by atoms with Gasteiger partial charge >= 0.3 is 0 Å². The predicted molar refractivity (Wildman–Crippen MR) is 128 cm³/mol. The van der Waals surface area contributed by atoms with Crippen molar-refractivity contribution < 1.29 is 18.1 Å². The van der Waals surface area contributed by atoms with E-state index in [0.717, 1.165) is 5.56 Å². The van der Waals surface area contributed by atoms with Crippen LogP contribution in [-0.2, 0) is 16.6 Å². The summed E-state index contributed by atoms with van der Waals surface area (Å²) in [5.74, 6) is -0.310. The Morgan fingerprint density at radius 3 is 2.55 bits per heavy atom. The Balaban J connectivity index is 1.63. The lowest BCUT2D eigenvalue weighted by Crippen LogP contribution is -2.47. The fraction of sp³-hybridized carbons (Fsp3) is 0.409. The van der Waals surface area contributed by atoms with Gasteiger partial charge in [-0.1, -0.05) is 36.7 Å². The molecule has 2 aromatic carbocycles. The molecule has 0 atom stereocenters. The van der Waals surface area contributed by atoms with E-state index in [4.69, 9.17) is 11.6 Å². The number of piperidine rings is 1. The Kier molecular flexibility index (Phi) is 8.28. The Bertz CT molecular complexity index is 1120. The van der Waals surface area contributed by atoms with Crippen LogP contribution in [0, 0.1) is 10.1 Å². The number of rotatable bonds is 9. The highest BCUT2D eigenvalue weighted by atomic mass is 35.5. The van der Waals surface area contributed by atoms with E-state index in [2.05, 4.69) is 10.6 Å². The van der Waals surface area contributed by atoms with E-state index in [1.807, 2.05) is 19.1 Å². The zero-order valence-electron chi connectivity index (χ0n) is 18.3. The molecule has 0 bridgehead atoms. The van der Waals surface area contributed by atoms with Crippen molar-refractivity contribution in [2.24, 2.45) is 0 Å². The summed E-state index contributed by atoms with van der Waals surface area (Å²) in [5.41, 5.74) is 1.04. The van der Waals surface area contributed by atoms with Crippen molar-refractivity contribution in [2.45, 2.75) is 38.8 Å². The number of carbonyl (C=O) groups is 1. The predicted octanol–water partition coefficient (Wildman–Crippen LogP) is 3.79. The first-order valence-corrected chi connectivity index (χ1v) is 12.7. The van der Waals surface area contributed by atoms with E-state index >= 15 is 0 Å². The number of nitrogens with one attached hydrogen (secondary N) is 2. The van der Waals surface area contributed by atoms with Crippen LogP contribution >= 0.6 is 11.6 Å². The van der Waals surface area contributed by atoms with Crippen molar-refractivity contribution in [3.05, 3.63) is 68.7 Å². The molecule has 3 rings (SSSR count). The lowest BCUT2D eigenvalue weighted by molar-refractivity contribution is -0.384. The number of nitrogens with zero attached hydrogens (tertiary/aromatic N) is 2. The summed E-state index contributed by atoms with van der Waals surface area (Å²) >= 11 is 6.14. The number of nitro benzene ring substituents is 1. The molecule has 1 amide bonds. The highest BCUT2D eigenvalue weighted by Crippen LogP contribution is 2.27. The van der Waals surface area contributed by atoms with Gasteiger partial charge in [-0.05, 0) is 43.0 Å². The summed E-state index contributed by atoms with van der Waals surface area (Å²) in [6.07, 6.45) is 1.55. The molecule has 1 fully saturated rings. The second-order valence-corrected chi connectivity index (χ2v) is 10.4. The topological polar surface area (TPSA) is 122 Å². The minimum atomic E-state index is -3.26. The van der Waals surface area contributed by atoms with Gasteiger partial charge in [0.2, 0.25) is 10.0 Å². The van der Waals surface area contributed by atoms with Gasteiger partial charge < -0.3 is 10.6 Å². The maximum absolute atomic E-state index is 12.7. The molecule has 1 aliphatic heterocycles. The average Bonchev–Trinajstić information content (AvgIpc) is 2.78. The standard InChI is InChI=1S/C22H27ClN4O5S/c1-2-13-33(31,32)26-11-9-18(10-12-26)25-22(28)16-7-8-20(21(14-16)27(29)30)24-15-17-5-3-4-6-19(17)23/h3-8,14,18,24H,2,9-13,15H2,1H3,(H,25,28). The summed E-state index contributed by atoms with van der Waals surface area (Å²) in [7, 11) is -3.26. The van der Waals surface area contributed by atoms with Crippen molar-refractivity contribution in [3.8, 4) is 0 Å². The van der Waals surface area contributed by atoms with Crippen molar-refractivity contribution >= 4 is 38.9 Å². The first kappa shape index (κ1) is 24.9. The van der Waals surface area contributed by atoms with Crippen molar-refractivity contribution in [1.29, 1.82) is 0 Å². The summed E-state index contributed by atoms with van der Waals surface area (Å²) in [6.45, 7) is 2.81. The first-order chi connectivity index (χ1) is 15.7. The van der Waals surface area contributed by atoms with E-state index in [1.165, 1.54) is 22.5 Å². The quantitative estimate of drug-likeness (QED) is 0.404. The summed E-state index contributed by atoms with van der Waals surface area (Å²) in [6, 6.07) is 11.3. The normalized spacial score (nSPS) is 15.2. The fourth-order valence-corrected chi connectivity index (χ4v) is 5.48. The fourth-order valence-electron chi connectivity index (χ4n) is 3.74. The molecule has 178 valence electrons. The molecule has 0 saturated carbocycles. The smallest absolute Gasteiger partial charge is 0.293 e. The van der Waals surface area contributed by atoms with Crippen LogP contribution in [0.4, 0.5) is 11.4 Å². The number of nitro groups is 1. The van der Waals surface area contributed by atoms with Gasteiger partial charge in [0.25, 0.3) is 11.6 Å². The highest BCUT2D eigenvalue weighted by molar-refractivity contribution is 7.89. The molecule has 1 aliphatic rings. The average molecular weight is 495 g/mol. The Morgan fingerprint density at radius 1 is 1.21 bits per heavy atom. The van der Waals surface area contributed by atoms with E-state index in [1.54, 1.807) is 12.1 Å². The lowest BCUT2D eigenvalue weighted by Gasteiger charge is -2.31. The minimum absolute atomic E-state index is 0.116. The first-order valence-electron chi connectivity index (χ1n) is 10.8. The molecule has 2 aromatic rings. The number of carbonyl (C=O) groups excluding carboxylic acids is 1. The van der Waals surface area contributed by atoms with Gasteiger partial charge in [0.05, 0.1) is 10.7 Å². The van der Waals surface area contributed by atoms with Gasteiger partial charge in [-0.3, -0.25) is 14.9 Å². The Hall–Kier alpha value is -2.69. The van der Waals surface area contributed by atoms with Gasteiger partial charge in [0, 0.05) is 42.3 Å². The number of benzene rings is 2. The zero-order chi connectivity index (χ0) is 24.0. The zero-order valence-corrected chi connectivity index (χ0v) is 19.9. The highest BCUT2D eigenvalue weighted by Gasteiger charge is 2.28. The molecular weight excluding hydrogens is 468 g/mol. The summed E-state index contributed by atoms with van der Waals surface area (Å²) in [4.78, 5) is 23.8. The maximum atomic E-state index is 12.7. The third kappa shape index (κ3) is 6.43. The van der Waals surface area contributed by atoms with Crippen LogP contribution in [-0.4, -0.2) is 48.4 Å². The van der Waals surface area contributed by atoms with Crippen LogP contribution in [0.15, 0.2) is 42.5 Å². The molecule has 0 aliphatic carbocycles. The van der Waals surface area contributed by atoms with Crippen LogP contribution in [0.3, 0.4) is 0 Å². The van der Waals surface area contributed by atoms with Crippen LogP contribution in [0.1, 0.15) is 42.1 Å². The molecular formula is C22H27ClN4O5S. The third-order valence-corrected chi connectivity index (χ3v) is 7.97. The molecule has 2 N–H and O–H groups in total. The molecule has 0 aromatic heterocycles. The Morgan fingerprint density at radius 2 is 1.91 bits per heavy atom. The second-order valence-electron chi connectivity index (χ2n) is 7.90. The molecule has 33 heavy (non-hydrogen) atoms. The van der Waals surface area contributed by atoms with E-state index in [-0.39, 0.29) is 28.7 Å². The van der Waals surface area contributed by atoms with Crippen molar-refractivity contribution in [2.75, 3.05) is 24.2 Å². The Labute approximate surface area is 198 Å². The monoisotopic (exact) mass is 494 g/mol. The van der Waals surface area contributed by atoms with Crippen molar-refractivity contribution in [3.63, 3.8) is 0 Å². The largest absolute Gasteiger partial charge is 0.375 e. The van der Waals surface area contributed by atoms with Crippen LogP contribution in [0.25, 0.3) is 0 Å². The van der Waals surface area contributed by atoms with Gasteiger partial charge in [-0.25, -0.2) is 12.7 Å². The summed E-state index contributed by atoms with van der Waals surface area (Å²) in [5, 5.41) is 18.0. The van der Waals surface area contributed by atoms with Gasteiger partial charge in [-0.2, -0.15) is 0 Å². The van der Waals surface area contributed by atoms with E-state index in [0.29, 0.717) is 43.9 Å². The van der Waals surface area contributed by atoms with Gasteiger partial charge in [0.15, 0.2) is 0 Å². The number of anilines is 1. The van der Waals surface area contributed by atoms with E-state index in [9.17, 15) is 23.3 Å².